The summed E-state index contributed by atoms with van der Waals surface area (Å²) in [6.07, 6.45) is 3.57. The van der Waals surface area contributed by atoms with E-state index in [1.54, 1.807) is 12.1 Å². The van der Waals surface area contributed by atoms with E-state index in [2.05, 4.69) is 11.9 Å². The molecule has 5 heteroatoms. The summed E-state index contributed by atoms with van der Waals surface area (Å²) in [7, 11) is -3.40. The first kappa shape index (κ1) is 20.3. The molecule has 0 bridgehead atoms. The third-order valence-corrected chi connectivity index (χ3v) is 7.35. The number of benzene rings is 2. The van der Waals surface area contributed by atoms with Gasteiger partial charge in [0.25, 0.3) is 5.91 Å². The standard InChI is InChI=1S/C23H27NO3S/c1-17-12-14-21(15-13-17)28(26,27)16-19-8-6-7-11-22(19)18(2)23(25)24-20-9-4-3-5-10-20/h3-5,9-10,12-15,19,22H,2,6-8,11,16H2,1H3,(H,24,25). The van der Waals surface area contributed by atoms with E-state index in [1.807, 2.05) is 49.4 Å². The molecule has 148 valence electrons. The number of hydrogen-bond acceptors (Lipinski definition) is 3. The Morgan fingerprint density at radius 2 is 1.68 bits per heavy atom. The minimum atomic E-state index is -3.40. The highest BCUT2D eigenvalue weighted by Crippen LogP contribution is 2.36. The molecule has 1 fully saturated rings. The van der Waals surface area contributed by atoms with E-state index in [0.717, 1.165) is 31.2 Å². The molecule has 0 saturated heterocycles. The minimum Gasteiger partial charge on any atom is -0.322 e. The molecule has 0 heterocycles. The quantitative estimate of drug-likeness (QED) is 0.714. The average molecular weight is 398 g/mol. The maximum atomic E-state index is 12.9. The fourth-order valence-electron chi connectivity index (χ4n) is 3.89. The van der Waals surface area contributed by atoms with E-state index >= 15 is 0 Å². The molecule has 0 radical (unpaired) electrons. The molecule has 0 aromatic heterocycles. The number of sulfone groups is 1. The van der Waals surface area contributed by atoms with Gasteiger partial charge in [-0.2, -0.15) is 0 Å². The Morgan fingerprint density at radius 3 is 2.36 bits per heavy atom. The number of anilines is 1. The smallest absolute Gasteiger partial charge is 0.251 e. The lowest BCUT2D eigenvalue weighted by Crippen LogP contribution is -2.32. The zero-order valence-corrected chi connectivity index (χ0v) is 17.0. The molecule has 2 unspecified atom stereocenters. The Hall–Kier alpha value is -2.40. The molecule has 1 amide bonds. The van der Waals surface area contributed by atoms with Gasteiger partial charge < -0.3 is 5.32 Å². The van der Waals surface area contributed by atoms with Gasteiger partial charge in [0, 0.05) is 11.3 Å². The molecule has 28 heavy (non-hydrogen) atoms. The maximum absolute atomic E-state index is 12.9. The van der Waals surface area contributed by atoms with E-state index < -0.39 is 9.84 Å². The van der Waals surface area contributed by atoms with Gasteiger partial charge in [0.15, 0.2) is 9.84 Å². The molecule has 3 rings (SSSR count). The Labute approximate surface area is 167 Å². The lowest BCUT2D eigenvalue weighted by atomic mass is 9.76. The van der Waals surface area contributed by atoms with Crippen molar-refractivity contribution in [2.75, 3.05) is 11.1 Å². The van der Waals surface area contributed by atoms with Gasteiger partial charge in [-0.25, -0.2) is 8.42 Å². The van der Waals surface area contributed by atoms with Crippen molar-refractivity contribution in [3.63, 3.8) is 0 Å². The van der Waals surface area contributed by atoms with Crippen molar-refractivity contribution in [2.45, 2.75) is 37.5 Å². The van der Waals surface area contributed by atoms with Crippen LogP contribution >= 0.6 is 0 Å². The number of hydrogen-bond donors (Lipinski definition) is 1. The predicted octanol–water partition coefficient (Wildman–Crippen LogP) is 4.77. The lowest BCUT2D eigenvalue weighted by Gasteiger charge is -2.32. The van der Waals surface area contributed by atoms with Crippen molar-refractivity contribution >= 4 is 21.4 Å². The second kappa shape index (κ2) is 8.74. The van der Waals surface area contributed by atoms with Crippen LogP contribution in [0.15, 0.2) is 71.6 Å². The molecule has 0 spiro atoms. The van der Waals surface area contributed by atoms with E-state index in [4.69, 9.17) is 0 Å². The van der Waals surface area contributed by atoms with E-state index in [1.165, 1.54) is 0 Å². The van der Waals surface area contributed by atoms with Crippen LogP contribution in [0, 0.1) is 18.8 Å². The number of amides is 1. The SMILES string of the molecule is C=C(C(=O)Nc1ccccc1)C1CCCCC1CS(=O)(=O)c1ccc(C)cc1. The van der Waals surface area contributed by atoms with Crippen LogP contribution in [0.25, 0.3) is 0 Å². The van der Waals surface area contributed by atoms with Gasteiger partial charge in [0.05, 0.1) is 10.6 Å². The van der Waals surface area contributed by atoms with Crippen molar-refractivity contribution in [2.24, 2.45) is 11.8 Å². The number of aryl methyl sites for hydroxylation is 1. The normalized spacial score (nSPS) is 19.8. The second-order valence-corrected chi connectivity index (χ2v) is 9.63. The molecule has 1 saturated carbocycles. The van der Waals surface area contributed by atoms with Crippen molar-refractivity contribution in [3.8, 4) is 0 Å². The van der Waals surface area contributed by atoms with Gasteiger partial charge in [-0.05, 0) is 55.9 Å². The zero-order chi connectivity index (χ0) is 20.1. The predicted molar refractivity (Wildman–Crippen MR) is 113 cm³/mol. The third kappa shape index (κ3) is 4.90. The van der Waals surface area contributed by atoms with E-state index in [0.29, 0.717) is 16.2 Å². The summed E-state index contributed by atoms with van der Waals surface area (Å²) >= 11 is 0. The highest BCUT2D eigenvalue weighted by atomic mass is 32.2. The highest BCUT2D eigenvalue weighted by Gasteiger charge is 2.33. The molecule has 1 aliphatic carbocycles. The summed E-state index contributed by atoms with van der Waals surface area (Å²) in [4.78, 5) is 13.0. The molecular weight excluding hydrogens is 370 g/mol. The molecule has 1 aliphatic rings. The fourth-order valence-corrected chi connectivity index (χ4v) is 5.60. The van der Waals surface area contributed by atoms with Crippen LogP contribution in [0.2, 0.25) is 0 Å². The first-order valence-electron chi connectivity index (χ1n) is 9.71. The van der Waals surface area contributed by atoms with Gasteiger partial charge in [0.1, 0.15) is 0 Å². The summed E-state index contributed by atoms with van der Waals surface area (Å²) in [6.45, 7) is 5.97. The first-order valence-corrected chi connectivity index (χ1v) is 11.4. The van der Waals surface area contributed by atoms with Gasteiger partial charge in [-0.1, -0.05) is 55.3 Å². The summed E-state index contributed by atoms with van der Waals surface area (Å²) in [5, 5.41) is 2.87. The van der Waals surface area contributed by atoms with E-state index in [9.17, 15) is 13.2 Å². The molecule has 1 N–H and O–H groups in total. The summed E-state index contributed by atoms with van der Waals surface area (Å²) in [6, 6.07) is 16.2. The average Bonchev–Trinajstić information content (AvgIpc) is 2.68. The number of rotatable bonds is 6. The van der Waals surface area contributed by atoms with Gasteiger partial charge in [-0.15, -0.1) is 0 Å². The van der Waals surface area contributed by atoms with Crippen molar-refractivity contribution < 1.29 is 13.2 Å². The van der Waals surface area contributed by atoms with Crippen LogP contribution in [-0.2, 0) is 14.6 Å². The van der Waals surface area contributed by atoms with Crippen LogP contribution in [0.1, 0.15) is 31.2 Å². The number of para-hydroxylation sites is 1. The monoisotopic (exact) mass is 397 g/mol. The van der Waals surface area contributed by atoms with Crippen LogP contribution in [-0.4, -0.2) is 20.1 Å². The summed E-state index contributed by atoms with van der Waals surface area (Å²) < 4.78 is 25.8. The summed E-state index contributed by atoms with van der Waals surface area (Å²) in [5.41, 5.74) is 2.22. The Morgan fingerprint density at radius 1 is 1.04 bits per heavy atom. The molecular formula is C23H27NO3S. The van der Waals surface area contributed by atoms with Crippen LogP contribution < -0.4 is 5.32 Å². The van der Waals surface area contributed by atoms with Crippen molar-refractivity contribution in [1.82, 2.24) is 0 Å². The summed E-state index contributed by atoms with van der Waals surface area (Å²) in [5.74, 6) is -0.374. The van der Waals surface area contributed by atoms with Gasteiger partial charge in [-0.3, -0.25) is 4.79 Å². The van der Waals surface area contributed by atoms with Gasteiger partial charge >= 0.3 is 0 Å². The van der Waals surface area contributed by atoms with Crippen LogP contribution in [0.4, 0.5) is 5.69 Å². The maximum Gasteiger partial charge on any atom is 0.251 e. The Kier molecular flexibility index (Phi) is 6.35. The molecule has 0 aliphatic heterocycles. The Balaban J connectivity index is 1.73. The van der Waals surface area contributed by atoms with E-state index in [-0.39, 0.29) is 23.5 Å². The third-order valence-electron chi connectivity index (χ3n) is 5.49. The van der Waals surface area contributed by atoms with Crippen LogP contribution in [0.3, 0.4) is 0 Å². The largest absolute Gasteiger partial charge is 0.322 e. The molecule has 2 aromatic carbocycles. The number of carbonyl (C=O) groups excluding carboxylic acids is 1. The number of carbonyl (C=O) groups is 1. The number of nitrogens with one attached hydrogen (secondary N) is 1. The van der Waals surface area contributed by atoms with Crippen molar-refractivity contribution in [1.29, 1.82) is 0 Å². The molecule has 2 aromatic rings. The Bertz CT molecular complexity index is 934. The van der Waals surface area contributed by atoms with Gasteiger partial charge in [0.2, 0.25) is 0 Å². The fraction of sp³-hybridized carbons (Fsp3) is 0.348. The lowest BCUT2D eigenvalue weighted by molar-refractivity contribution is -0.113. The topological polar surface area (TPSA) is 63.2 Å². The van der Waals surface area contributed by atoms with Crippen molar-refractivity contribution in [3.05, 3.63) is 72.3 Å². The minimum absolute atomic E-state index is 0.0539. The molecule has 4 nitrogen and oxygen atoms in total. The zero-order valence-electron chi connectivity index (χ0n) is 16.2. The highest BCUT2D eigenvalue weighted by molar-refractivity contribution is 7.91. The van der Waals surface area contributed by atoms with Crippen LogP contribution in [0.5, 0.6) is 0 Å². The second-order valence-electron chi connectivity index (χ2n) is 7.59. The molecule has 2 atom stereocenters. The first-order chi connectivity index (χ1) is 13.4.